The van der Waals surface area contributed by atoms with Gasteiger partial charge in [0.2, 0.25) is 0 Å². The van der Waals surface area contributed by atoms with Gasteiger partial charge in [0, 0.05) is 30.8 Å². The van der Waals surface area contributed by atoms with Crippen LogP contribution in [0.3, 0.4) is 0 Å². The summed E-state index contributed by atoms with van der Waals surface area (Å²) in [6.07, 6.45) is 1.53. The van der Waals surface area contributed by atoms with E-state index in [4.69, 9.17) is 1.37 Å². The van der Waals surface area contributed by atoms with Crippen molar-refractivity contribution in [3.05, 3.63) is 65.7 Å². The van der Waals surface area contributed by atoms with E-state index in [1.165, 1.54) is 12.1 Å². The van der Waals surface area contributed by atoms with Crippen molar-refractivity contribution in [1.29, 1.82) is 0 Å². The number of rotatable bonds is 4. The van der Waals surface area contributed by atoms with E-state index in [9.17, 15) is 4.79 Å². The zero-order chi connectivity index (χ0) is 15.5. The van der Waals surface area contributed by atoms with Gasteiger partial charge in [-0.2, -0.15) is 0 Å². The van der Waals surface area contributed by atoms with Gasteiger partial charge < -0.3 is 4.90 Å². The van der Waals surface area contributed by atoms with Crippen LogP contribution in [0.2, 0.25) is 0 Å². The van der Waals surface area contributed by atoms with E-state index < -0.39 is 0 Å². The lowest BCUT2D eigenvalue weighted by Crippen LogP contribution is -2.19. The molecule has 1 heterocycles. The Balaban J connectivity index is 1.70. The number of carbonyl (C=O) groups is 1. The van der Waals surface area contributed by atoms with Crippen molar-refractivity contribution in [2.75, 3.05) is 18.0 Å². The van der Waals surface area contributed by atoms with E-state index in [1.54, 1.807) is 6.07 Å². The monoisotopic (exact) mass is 281 g/mol. The fourth-order valence-corrected chi connectivity index (χ4v) is 2.84. The molecular formula is C19H21NO. The number of hydrogen-bond donors (Lipinski definition) is 0. The Morgan fingerprint density at radius 2 is 2.05 bits per heavy atom. The van der Waals surface area contributed by atoms with Crippen LogP contribution in [0.25, 0.3) is 0 Å². The summed E-state index contributed by atoms with van der Waals surface area (Å²) in [5.74, 6) is 0.816. The molecule has 1 aliphatic rings. The molecule has 108 valence electrons. The van der Waals surface area contributed by atoms with Crippen molar-refractivity contribution in [1.82, 2.24) is 0 Å². The fraction of sp³-hybridized carbons (Fsp3) is 0.316. The first-order valence-electron chi connectivity index (χ1n) is 8.06. The van der Waals surface area contributed by atoms with Gasteiger partial charge in [0.15, 0.2) is 5.78 Å². The highest BCUT2D eigenvalue weighted by molar-refractivity contribution is 5.97. The smallest absolute Gasteiger partial charge is 0.167 e. The molecular weight excluding hydrogens is 258 g/mol. The van der Waals surface area contributed by atoms with E-state index >= 15 is 0 Å². The average Bonchev–Trinajstić information content (AvgIpc) is 2.96. The maximum atomic E-state index is 12.4. The van der Waals surface area contributed by atoms with Crippen molar-refractivity contribution < 1.29 is 6.17 Å². The largest absolute Gasteiger partial charge is 0.371 e. The Bertz CT molecular complexity index is 665. The minimum absolute atomic E-state index is 0.0704. The first-order valence-corrected chi connectivity index (χ1v) is 7.56. The molecule has 0 unspecified atom stereocenters. The second-order valence-corrected chi connectivity index (χ2v) is 5.87. The number of benzene rings is 2. The summed E-state index contributed by atoms with van der Waals surface area (Å²) in [7, 11) is 0. The molecule has 2 aromatic rings. The maximum Gasteiger partial charge on any atom is 0.167 e. The van der Waals surface area contributed by atoms with Gasteiger partial charge >= 0.3 is 0 Å². The van der Waals surface area contributed by atoms with Gasteiger partial charge in [0.25, 0.3) is 0 Å². The lowest BCUT2D eigenvalue weighted by atomic mass is 10.0. The molecule has 0 bridgehead atoms. The Hall–Kier alpha value is -2.09. The molecule has 1 fully saturated rings. The predicted molar refractivity (Wildman–Crippen MR) is 86.9 cm³/mol. The molecule has 3 rings (SSSR count). The third-order valence-corrected chi connectivity index (χ3v) is 4.10. The van der Waals surface area contributed by atoms with Crippen molar-refractivity contribution in [3.8, 4) is 0 Å². The molecule has 0 saturated carbocycles. The Morgan fingerprint density at radius 1 is 1.24 bits per heavy atom. The third kappa shape index (κ3) is 3.33. The molecule has 0 radical (unpaired) electrons. The van der Waals surface area contributed by atoms with Crippen molar-refractivity contribution >= 4 is 11.5 Å². The van der Waals surface area contributed by atoms with Crippen LogP contribution in [0.15, 0.2) is 54.6 Å². The van der Waals surface area contributed by atoms with Gasteiger partial charge in [-0.15, -0.1) is 0 Å². The summed E-state index contributed by atoms with van der Waals surface area (Å²) in [6, 6.07) is 15.6. The third-order valence-electron chi connectivity index (χ3n) is 4.10. The van der Waals surface area contributed by atoms with E-state index in [0.717, 1.165) is 30.1 Å². The minimum atomic E-state index is 0.0704. The average molecular weight is 281 g/mol. The summed E-state index contributed by atoms with van der Waals surface area (Å²) in [5, 5.41) is 0. The van der Waals surface area contributed by atoms with E-state index in [1.807, 2.05) is 42.5 Å². The van der Waals surface area contributed by atoms with Crippen LogP contribution in [0.4, 0.5) is 5.69 Å². The molecule has 0 aromatic heterocycles. The first-order chi connectivity index (χ1) is 10.6. The Morgan fingerprint density at radius 3 is 2.71 bits per heavy atom. The molecule has 1 aliphatic heterocycles. The van der Waals surface area contributed by atoms with Crippen LogP contribution in [0.5, 0.6) is 0 Å². The SMILES string of the molecule is [3H]c1ccccc1CC(=O)c1ccc(N2CC[C@H](C)C2)cc1. The number of ketones is 1. The Labute approximate surface area is 127 Å². The van der Waals surface area contributed by atoms with Gasteiger partial charge in [0.05, 0.1) is 1.37 Å². The highest BCUT2D eigenvalue weighted by atomic mass is 16.1. The van der Waals surface area contributed by atoms with Crippen LogP contribution in [0, 0.1) is 5.92 Å². The molecule has 1 saturated heterocycles. The van der Waals surface area contributed by atoms with Gasteiger partial charge in [-0.05, 0) is 42.2 Å². The van der Waals surface area contributed by atoms with Crippen molar-refractivity contribution in [3.63, 3.8) is 0 Å². The van der Waals surface area contributed by atoms with Gasteiger partial charge in [0.1, 0.15) is 0 Å². The standard InChI is InChI=1S/C19H21NO/c1-15-11-12-20(14-15)18-9-7-17(8-10-18)19(21)13-16-5-3-2-4-6-16/h2-10,15H,11-14H2,1H3/t15-/m0/s1/i5T. The lowest BCUT2D eigenvalue weighted by Gasteiger charge is -2.18. The quantitative estimate of drug-likeness (QED) is 0.791. The topological polar surface area (TPSA) is 20.3 Å². The normalized spacial score (nSPS) is 18.6. The molecule has 2 aromatic carbocycles. The summed E-state index contributed by atoms with van der Waals surface area (Å²) in [6.45, 7) is 4.47. The van der Waals surface area contributed by atoms with Crippen LogP contribution >= 0.6 is 0 Å². The first kappa shape index (κ1) is 12.6. The summed E-state index contributed by atoms with van der Waals surface area (Å²) in [5.41, 5.74) is 2.70. The lowest BCUT2D eigenvalue weighted by molar-refractivity contribution is 0.0993. The maximum absolute atomic E-state index is 12.4. The molecule has 0 spiro atoms. The second kappa shape index (κ2) is 6.13. The molecule has 0 N–H and O–H groups in total. The summed E-state index contributed by atoms with van der Waals surface area (Å²) < 4.78 is 7.83. The van der Waals surface area contributed by atoms with Crippen LogP contribution < -0.4 is 4.90 Å². The molecule has 0 aliphatic carbocycles. The number of Topliss-reactive ketones (excluding diaryl/α,β-unsaturated/α-hetero) is 1. The molecule has 1 atom stereocenters. The van der Waals surface area contributed by atoms with Crippen LogP contribution in [-0.4, -0.2) is 18.9 Å². The zero-order valence-electron chi connectivity index (χ0n) is 13.4. The molecule has 2 heteroatoms. The number of carbonyl (C=O) groups excluding carboxylic acids is 1. The Kier molecular flexibility index (Phi) is 3.69. The van der Waals surface area contributed by atoms with E-state index in [0.29, 0.717) is 12.5 Å². The highest BCUT2D eigenvalue weighted by Crippen LogP contribution is 2.24. The fourth-order valence-electron chi connectivity index (χ4n) is 2.84. The van der Waals surface area contributed by atoms with E-state index in [2.05, 4.69) is 11.8 Å². The van der Waals surface area contributed by atoms with Crippen molar-refractivity contribution in [2.24, 2.45) is 5.92 Å². The van der Waals surface area contributed by atoms with Gasteiger partial charge in [-0.3, -0.25) is 4.79 Å². The number of hydrogen-bond acceptors (Lipinski definition) is 2. The predicted octanol–water partition coefficient (Wildman–Crippen LogP) is 3.96. The molecule has 21 heavy (non-hydrogen) atoms. The van der Waals surface area contributed by atoms with Gasteiger partial charge in [-0.25, -0.2) is 0 Å². The second-order valence-electron chi connectivity index (χ2n) is 5.87. The van der Waals surface area contributed by atoms with Crippen LogP contribution in [-0.2, 0) is 6.42 Å². The van der Waals surface area contributed by atoms with Crippen molar-refractivity contribution in [2.45, 2.75) is 19.8 Å². The summed E-state index contributed by atoms with van der Waals surface area (Å²) in [4.78, 5) is 14.7. The summed E-state index contributed by atoms with van der Waals surface area (Å²) >= 11 is 0. The van der Waals surface area contributed by atoms with E-state index in [-0.39, 0.29) is 5.78 Å². The molecule has 0 amide bonds. The van der Waals surface area contributed by atoms with Crippen LogP contribution in [0.1, 0.15) is 30.6 Å². The molecule has 2 nitrogen and oxygen atoms in total. The van der Waals surface area contributed by atoms with Gasteiger partial charge in [-0.1, -0.05) is 37.2 Å². The zero-order valence-corrected chi connectivity index (χ0v) is 12.4. The highest BCUT2D eigenvalue weighted by Gasteiger charge is 2.18. The number of anilines is 1. The minimum Gasteiger partial charge on any atom is -0.371 e. The number of nitrogens with zero attached hydrogens (tertiary/aromatic N) is 1.